The van der Waals surface area contributed by atoms with Gasteiger partial charge in [0.25, 0.3) is 5.91 Å². The van der Waals surface area contributed by atoms with Gasteiger partial charge in [-0.3, -0.25) is 9.59 Å². The first kappa shape index (κ1) is 18.2. The lowest BCUT2D eigenvalue weighted by Crippen LogP contribution is -2.32. The second kappa shape index (κ2) is 9.26. The number of hydrogen-bond acceptors (Lipinski definition) is 4. The van der Waals surface area contributed by atoms with Gasteiger partial charge in [-0.15, -0.1) is 0 Å². The zero-order valence-corrected chi connectivity index (χ0v) is 13.2. The van der Waals surface area contributed by atoms with E-state index < -0.39 is 11.9 Å². The zero-order chi connectivity index (χ0) is 17.2. The zero-order valence-electron chi connectivity index (χ0n) is 13.2. The summed E-state index contributed by atoms with van der Waals surface area (Å²) >= 11 is 0. The standard InChI is InChI=1S/C17H20N2O4/c1-3-12(2)19-17(22)14(11-18)10-13-4-6-15(7-5-13)23-9-8-16(20)21/h4-7,10,12H,3,8-9H2,1-2H3,(H,19,22)(H,20,21)/b14-10+/t12-/m0/s1. The van der Waals surface area contributed by atoms with E-state index in [0.29, 0.717) is 11.3 Å². The molecule has 0 spiro atoms. The van der Waals surface area contributed by atoms with Crippen LogP contribution in [0.1, 0.15) is 32.3 Å². The largest absolute Gasteiger partial charge is 0.493 e. The monoisotopic (exact) mass is 316 g/mol. The van der Waals surface area contributed by atoms with Crippen LogP contribution in [0.4, 0.5) is 0 Å². The van der Waals surface area contributed by atoms with Gasteiger partial charge in [-0.1, -0.05) is 19.1 Å². The molecule has 0 aliphatic rings. The molecule has 23 heavy (non-hydrogen) atoms. The average Bonchev–Trinajstić information content (AvgIpc) is 2.53. The predicted molar refractivity (Wildman–Crippen MR) is 85.7 cm³/mol. The minimum Gasteiger partial charge on any atom is -0.493 e. The van der Waals surface area contributed by atoms with Crippen molar-refractivity contribution in [3.8, 4) is 11.8 Å². The number of carboxylic acid groups (broad SMARTS) is 1. The van der Waals surface area contributed by atoms with Gasteiger partial charge in [0, 0.05) is 6.04 Å². The number of nitrogens with one attached hydrogen (secondary N) is 1. The molecule has 2 N–H and O–H groups in total. The van der Waals surface area contributed by atoms with Crippen LogP contribution < -0.4 is 10.1 Å². The highest BCUT2D eigenvalue weighted by atomic mass is 16.5. The molecular formula is C17H20N2O4. The fourth-order valence-corrected chi connectivity index (χ4v) is 1.64. The smallest absolute Gasteiger partial charge is 0.306 e. The molecule has 1 amide bonds. The summed E-state index contributed by atoms with van der Waals surface area (Å²) in [4.78, 5) is 22.3. The van der Waals surface area contributed by atoms with Gasteiger partial charge in [0.1, 0.15) is 17.4 Å². The van der Waals surface area contributed by atoms with Crippen molar-refractivity contribution in [2.24, 2.45) is 0 Å². The highest BCUT2D eigenvalue weighted by Crippen LogP contribution is 2.15. The third-order valence-corrected chi connectivity index (χ3v) is 3.13. The molecular weight excluding hydrogens is 296 g/mol. The summed E-state index contributed by atoms with van der Waals surface area (Å²) in [5, 5.41) is 20.4. The predicted octanol–water partition coefficient (Wildman–Crippen LogP) is 2.36. The normalized spacial score (nSPS) is 12.1. The fraction of sp³-hybridized carbons (Fsp3) is 0.353. The maximum atomic E-state index is 11.9. The minimum atomic E-state index is -0.921. The summed E-state index contributed by atoms with van der Waals surface area (Å²) in [5.74, 6) is -0.787. The van der Waals surface area contributed by atoms with Gasteiger partial charge in [-0.25, -0.2) is 0 Å². The Morgan fingerprint density at radius 2 is 2.04 bits per heavy atom. The molecule has 6 nitrogen and oxygen atoms in total. The maximum Gasteiger partial charge on any atom is 0.306 e. The molecule has 122 valence electrons. The Bertz CT molecular complexity index is 614. The van der Waals surface area contributed by atoms with Crippen molar-refractivity contribution in [3.63, 3.8) is 0 Å². The summed E-state index contributed by atoms with van der Waals surface area (Å²) in [7, 11) is 0. The lowest BCUT2D eigenvalue weighted by molar-refractivity contribution is -0.137. The van der Waals surface area contributed by atoms with E-state index in [-0.39, 0.29) is 24.6 Å². The quantitative estimate of drug-likeness (QED) is 0.566. The van der Waals surface area contributed by atoms with E-state index in [9.17, 15) is 9.59 Å². The van der Waals surface area contributed by atoms with Crippen molar-refractivity contribution in [2.75, 3.05) is 6.61 Å². The van der Waals surface area contributed by atoms with Gasteiger partial charge in [0.2, 0.25) is 0 Å². The highest BCUT2D eigenvalue weighted by Gasteiger charge is 2.11. The van der Waals surface area contributed by atoms with Gasteiger partial charge >= 0.3 is 5.97 Å². The molecule has 0 aliphatic heterocycles. The molecule has 1 rings (SSSR count). The average molecular weight is 316 g/mol. The highest BCUT2D eigenvalue weighted by molar-refractivity contribution is 6.01. The van der Waals surface area contributed by atoms with Crippen LogP contribution >= 0.6 is 0 Å². The molecule has 6 heteroatoms. The van der Waals surface area contributed by atoms with Crippen LogP contribution in [0, 0.1) is 11.3 Å². The summed E-state index contributed by atoms with van der Waals surface area (Å²) in [6.45, 7) is 3.91. The number of nitriles is 1. The number of carboxylic acids is 1. The van der Waals surface area contributed by atoms with Gasteiger partial charge < -0.3 is 15.2 Å². The number of carbonyl (C=O) groups excluding carboxylic acids is 1. The number of hydrogen-bond donors (Lipinski definition) is 2. The number of aliphatic carboxylic acids is 1. The molecule has 1 aromatic carbocycles. The molecule has 0 unspecified atom stereocenters. The first-order valence-electron chi connectivity index (χ1n) is 7.33. The van der Waals surface area contributed by atoms with E-state index >= 15 is 0 Å². The van der Waals surface area contributed by atoms with E-state index in [1.54, 1.807) is 24.3 Å². The Hall–Kier alpha value is -2.81. The van der Waals surface area contributed by atoms with E-state index in [0.717, 1.165) is 6.42 Å². The number of rotatable bonds is 8. The van der Waals surface area contributed by atoms with Crippen molar-refractivity contribution in [2.45, 2.75) is 32.7 Å². The number of nitrogens with zero attached hydrogens (tertiary/aromatic N) is 1. The molecule has 0 aromatic heterocycles. The molecule has 0 aliphatic carbocycles. The first-order chi connectivity index (χ1) is 11.0. The number of carbonyl (C=O) groups is 2. The molecule has 0 fully saturated rings. The van der Waals surface area contributed by atoms with E-state index in [4.69, 9.17) is 15.1 Å². The Labute approximate surface area is 135 Å². The van der Waals surface area contributed by atoms with E-state index in [1.807, 2.05) is 19.9 Å². The maximum absolute atomic E-state index is 11.9. The SMILES string of the molecule is CC[C@H](C)NC(=O)/C(C#N)=C/c1ccc(OCCC(=O)O)cc1. The minimum absolute atomic E-state index is 0.00395. The van der Waals surface area contributed by atoms with Gasteiger partial charge in [0.15, 0.2) is 0 Å². The van der Waals surface area contributed by atoms with Crippen LogP contribution in [0.3, 0.4) is 0 Å². The Balaban J connectivity index is 2.72. The Kier molecular flexibility index (Phi) is 7.34. The summed E-state index contributed by atoms with van der Waals surface area (Å²) < 4.78 is 5.27. The Morgan fingerprint density at radius 3 is 2.57 bits per heavy atom. The first-order valence-corrected chi connectivity index (χ1v) is 7.33. The molecule has 1 aromatic rings. The molecule has 0 saturated carbocycles. The van der Waals surface area contributed by atoms with Gasteiger partial charge in [-0.2, -0.15) is 5.26 Å². The summed E-state index contributed by atoms with van der Waals surface area (Å²) in [6.07, 6.45) is 2.21. The molecule has 0 bridgehead atoms. The number of amides is 1. The van der Waals surface area contributed by atoms with Gasteiger partial charge in [-0.05, 0) is 37.1 Å². The topological polar surface area (TPSA) is 99.4 Å². The second-order valence-electron chi connectivity index (χ2n) is 5.01. The third-order valence-electron chi connectivity index (χ3n) is 3.13. The molecule has 0 saturated heterocycles. The van der Waals surface area contributed by atoms with Crippen molar-refractivity contribution < 1.29 is 19.4 Å². The fourth-order valence-electron chi connectivity index (χ4n) is 1.64. The number of benzene rings is 1. The van der Waals surface area contributed by atoms with Crippen LogP contribution in [-0.2, 0) is 9.59 Å². The summed E-state index contributed by atoms with van der Waals surface area (Å²) in [6, 6.07) is 8.62. The van der Waals surface area contributed by atoms with E-state index in [2.05, 4.69) is 5.32 Å². The van der Waals surface area contributed by atoms with Crippen molar-refractivity contribution in [3.05, 3.63) is 35.4 Å². The van der Waals surface area contributed by atoms with Crippen LogP contribution in [-0.4, -0.2) is 29.6 Å². The molecule has 0 radical (unpaired) electrons. The Morgan fingerprint density at radius 1 is 1.39 bits per heavy atom. The lowest BCUT2D eigenvalue weighted by atomic mass is 10.1. The van der Waals surface area contributed by atoms with Crippen LogP contribution in [0.2, 0.25) is 0 Å². The third kappa shape index (κ3) is 6.66. The van der Waals surface area contributed by atoms with Crippen molar-refractivity contribution in [1.82, 2.24) is 5.32 Å². The van der Waals surface area contributed by atoms with Gasteiger partial charge in [0.05, 0.1) is 13.0 Å². The second-order valence-corrected chi connectivity index (χ2v) is 5.01. The van der Waals surface area contributed by atoms with Crippen LogP contribution in [0.25, 0.3) is 6.08 Å². The summed E-state index contributed by atoms with van der Waals surface area (Å²) in [5.41, 5.74) is 0.719. The van der Waals surface area contributed by atoms with Crippen LogP contribution in [0.15, 0.2) is 29.8 Å². The lowest BCUT2D eigenvalue weighted by Gasteiger charge is -2.10. The molecule has 0 heterocycles. The number of ether oxygens (including phenoxy) is 1. The molecule has 1 atom stereocenters. The van der Waals surface area contributed by atoms with E-state index in [1.165, 1.54) is 6.08 Å². The van der Waals surface area contributed by atoms with Crippen molar-refractivity contribution >= 4 is 18.0 Å². The van der Waals surface area contributed by atoms with Crippen LogP contribution in [0.5, 0.6) is 5.75 Å². The van der Waals surface area contributed by atoms with Crippen molar-refractivity contribution in [1.29, 1.82) is 5.26 Å².